The predicted molar refractivity (Wildman–Crippen MR) is 83.3 cm³/mol. The van der Waals surface area contributed by atoms with Gasteiger partial charge in [0.15, 0.2) is 0 Å². The third-order valence-electron chi connectivity index (χ3n) is 3.08. The number of hydrogen-bond donors (Lipinski definition) is 2. The highest BCUT2D eigenvalue weighted by Gasteiger charge is 2.20. The molecule has 1 atom stereocenters. The fourth-order valence-corrected chi connectivity index (χ4v) is 3.21. The van der Waals surface area contributed by atoms with Gasteiger partial charge in [-0.05, 0) is 36.8 Å². The molecular weight excluding hydrogens is 314 g/mol. The molecule has 2 nitrogen and oxygen atoms in total. The van der Waals surface area contributed by atoms with Crippen LogP contribution in [0.5, 0.6) is 0 Å². The van der Waals surface area contributed by atoms with Gasteiger partial charge in [0, 0.05) is 21.2 Å². The maximum Gasteiger partial charge on any atom is 0.133 e. The predicted octanol–water partition coefficient (Wildman–Crippen LogP) is 4.22. The first-order valence-corrected chi connectivity index (χ1v) is 7.68. The van der Waals surface area contributed by atoms with Crippen molar-refractivity contribution < 1.29 is 8.78 Å². The highest BCUT2D eigenvalue weighted by molar-refractivity contribution is 7.99. The van der Waals surface area contributed by atoms with Crippen LogP contribution < -0.4 is 11.3 Å². The summed E-state index contributed by atoms with van der Waals surface area (Å²) < 4.78 is 28.0. The topological polar surface area (TPSA) is 38.0 Å². The molecule has 0 aliphatic heterocycles. The highest BCUT2D eigenvalue weighted by atomic mass is 35.5. The van der Waals surface area contributed by atoms with Crippen molar-refractivity contribution in [1.29, 1.82) is 0 Å². The van der Waals surface area contributed by atoms with Gasteiger partial charge in [-0.1, -0.05) is 23.7 Å². The van der Waals surface area contributed by atoms with E-state index < -0.39 is 17.7 Å². The van der Waals surface area contributed by atoms with E-state index in [0.717, 1.165) is 4.90 Å². The Labute approximate surface area is 131 Å². The minimum Gasteiger partial charge on any atom is -0.271 e. The van der Waals surface area contributed by atoms with Crippen LogP contribution in [0, 0.1) is 18.6 Å². The number of nitrogens with two attached hydrogens (primary N) is 1. The van der Waals surface area contributed by atoms with E-state index in [1.165, 1.54) is 23.9 Å². The zero-order valence-corrected chi connectivity index (χ0v) is 12.9. The first kappa shape index (κ1) is 16.2. The number of halogens is 3. The van der Waals surface area contributed by atoms with Crippen LogP contribution >= 0.6 is 23.4 Å². The molecule has 0 radical (unpaired) electrons. The molecule has 3 N–H and O–H groups in total. The SMILES string of the molecule is Cc1ccc(F)c(C(CSc2cccc(Cl)c2)NN)c1F. The monoisotopic (exact) mass is 328 g/mol. The van der Waals surface area contributed by atoms with Crippen LogP contribution in [0.1, 0.15) is 17.2 Å². The van der Waals surface area contributed by atoms with Crippen LogP contribution in [0.4, 0.5) is 8.78 Å². The summed E-state index contributed by atoms with van der Waals surface area (Å²) in [6.45, 7) is 1.59. The van der Waals surface area contributed by atoms with Crippen LogP contribution in [0.2, 0.25) is 5.02 Å². The lowest BCUT2D eigenvalue weighted by atomic mass is 10.0. The number of nitrogens with one attached hydrogen (secondary N) is 1. The van der Waals surface area contributed by atoms with E-state index in [2.05, 4.69) is 5.43 Å². The Hall–Kier alpha value is -1.14. The molecule has 112 valence electrons. The number of thioether (sulfide) groups is 1. The summed E-state index contributed by atoms with van der Waals surface area (Å²) in [7, 11) is 0. The van der Waals surface area contributed by atoms with Crippen LogP contribution in [-0.2, 0) is 0 Å². The molecule has 0 heterocycles. The number of hydrogen-bond acceptors (Lipinski definition) is 3. The molecule has 2 aromatic rings. The van der Waals surface area contributed by atoms with Crippen LogP contribution in [-0.4, -0.2) is 5.75 Å². The van der Waals surface area contributed by atoms with Crippen molar-refractivity contribution in [1.82, 2.24) is 5.43 Å². The lowest BCUT2D eigenvalue weighted by Crippen LogP contribution is -2.31. The first-order valence-electron chi connectivity index (χ1n) is 6.32. The second-order valence-electron chi connectivity index (χ2n) is 4.58. The van der Waals surface area contributed by atoms with Gasteiger partial charge in [-0.2, -0.15) is 0 Å². The zero-order chi connectivity index (χ0) is 15.4. The van der Waals surface area contributed by atoms with Gasteiger partial charge >= 0.3 is 0 Å². The van der Waals surface area contributed by atoms with Crippen molar-refractivity contribution in [3.63, 3.8) is 0 Å². The third-order valence-corrected chi connectivity index (χ3v) is 4.40. The Kier molecular flexibility index (Phi) is 5.58. The molecule has 6 heteroatoms. The van der Waals surface area contributed by atoms with Crippen molar-refractivity contribution in [3.05, 3.63) is 64.2 Å². The summed E-state index contributed by atoms with van der Waals surface area (Å²) in [6, 6.07) is 9.30. The average molecular weight is 329 g/mol. The van der Waals surface area contributed by atoms with E-state index in [4.69, 9.17) is 17.4 Å². The van der Waals surface area contributed by atoms with E-state index in [9.17, 15) is 8.78 Å². The molecule has 0 aliphatic rings. The van der Waals surface area contributed by atoms with E-state index in [1.807, 2.05) is 12.1 Å². The minimum absolute atomic E-state index is 0.0352. The summed E-state index contributed by atoms with van der Waals surface area (Å²) in [5, 5.41) is 0.616. The fourth-order valence-electron chi connectivity index (χ4n) is 1.95. The number of aryl methyl sites for hydroxylation is 1. The molecule has 0 spiro atoms. The Morgan fingerprint density at radius 1 is 1.29 bits per heavy atom. The van der Waals surface area contributed by atoms with Crippen LogP contribution in [0.3, 0.4) is 0 Å². The summed E-state index contributed by atoms with van der Waals surface area (Å²) in [6.07, 6.45) is 0. The molecule has 0 bridgehead atoms. The summed E-state index contributed by atoms with van der Waals surface area (Å²) in [5.41, 5.74) is 2.83. The Bertz CT molecular complexity index is 637. The first-order chi connectivity index (χ1) is 10.0. The van der Waals surface area contributed by atoms with Gasteiger partial charge in [0.1, 0.15) is 11.6 Å². The smallest absolute Gasteiger partial charge is 0.133 e. The van der Waals surface area contributed by atoms with Gasteiger partial charge in [0.25, 0.3) is 0 Å². The quantitative estimate of drug-likeness (QED) is 0.490. The second kappa shape index (κ2) is 7.22. The van der Waals surface area contributed by atoms with Gasteiger partial charge in [-0.3, -0.25) is 11.3 Å². The minimum atomic E-state index is -0.631. The zero-order valence-electron chi connectivity index (χ0n) is 11.4. The standard InChI is InChI=1S/C15H15ClF2N2S/c1-9-5-6-12(17)14(15(9)18)13(20-19)8-21-11-4-2-3-10(16)7-11/h2-7,13,20H,8,19H2,1H3. The maximum atomic E-state index is 14.1. The number of rotatable bonds is 5. The van der Waals surface area contributed by atoms with Crippen molar-refractivity contribution in [3.8, 4) is 0 Å². The molecule has 1 unspecified atom stereocenters. The molecule has 0 aromatic heterocycles. The van der Waals surface area contributed by atoms with Crippen molar-refractivity contribution in [2.24, 2.45) is 5.84 Å². The van der Waals surface area contributed by atoms with E-state index in [0.29, 0.717) is 16.3 Å². The van der Waals surface area contributed by atoms with E-state index >= 15 is 0 Å². The maximum absolute atomic E-state index is 14.1. The number of benzene rings is 2. The molecule has 2 aromatic carbocycles. The highest BCUT2D eigenvalue weighted by Crippen LogP contribution is 2.29. The van der Waals surface area contributed by atoms with Crippen molar-refractivity contribution >= 4 is 23.4 Å². The summed E-state index contributed by atoms with van der Waals surface area (Å²) in [4.78, 5) is 0.913. The third kappa shape index (κ3) is 3.95. The van der Waals surface area contributed by atoms with E-state index in [1.54, 1.807) is 19.1 Å². The molecule has 0 amide bonds. The van der Waals surface area contributed by atoms with Gasteiger partial charge in [-0.15, -0.1) is 11.8 Å². The molecule has 21 heavy (non-hydrogen) atoms. The van der Waals surface area contributed by atoms with Gasteiger partial charge in [-0.25, -0.2) is 8.78 Å². The molecule has 2 rings (SSSR count). The molecular formula is C15H15ClF2N2S. The largest absolute Gasteiger partial charge is 0.271 e. The van der Waals surface area contributed by atoms with Crippen LogP contribution in [0.25, 0.3) is 0 Å². The second-order valence-corrected chi connectivity index (χ2v) is 6.11. The van der Waals surface area contributed by atoms with Crippen molar-refractivity contribution in [2.75, 3.05) is 5.75 Å². The lowest BCUT2D eigenvalue weighted by molar-refractivity contribution is 0.496. The lowest BCUT2D eigenvalue weighted by Gasteiger charge is -2.18. The molecule has 0 saturated heterocycles. The Morgan fingerprint density at radius 2 is 2.05 bits per heavy atom. The molecule has 0 aliphatic carbocycles. The van der Waals surface area contributed by atoms with Gasteiger partial charge in [0.2, 0.25) is 0 Å². The van der Waals surface area contributed by atoms with Gasteiger partial charge in [0.05, 0.1) is 6.04 Å². The Balaban J connectivity index is 2.19. The van der Waals surface area contributed by atoms with Crippen LogP contribution in [0.15, 0.2) is 41.3 Å². The average Bonchev–Trinajstić information content (AvgIpc) is 2.46. The molecule has 0 saturated carbocycles. The normalized spacial score (nSPS) is 12.4. The molecule has 0 fully saturated rings. The van der Waals surface area contributed by atoms with Gasteiger partial charge < -0.3 is 0 Å². The summed E-state index contributed by atoms with van der Waals surface area (Å²) >= 11 is 7.33. The number of hydrazine groups is 1. The van der Waals surface area contributed by atoms with E-state index in [-0.39, 0.29) is 5.56 Å². The fraction of sp³-hybridized carbons (Fsp3) is 0.200. The Morgan fingerprint density at radius 3 is 2.71 bits per heavy atom. The van der Waals surface area contributed by atoms with Crippen molar-refractivity contribution in [2.45, 2.75) is 17.9 Å². The summed E-state index contributed by atoms with van der Waals surface area (Å²) in [5.74, 6) is 4.68.